The molecule has 1 saturated heterocycles. The van der Waals surface area contributed by atoms with Crippen LogP contribution in [0.3, 0.4) is 0 Å². The molecule has 4 nitrogen and oxygen atoms in total. The average molecular weight is 231 g/mol. The maximum atomic E-state index is 10.6. The number of carbonyl (C=O) groups is 1. The van der Waals surface area contributed by atoms with Crippen LogP contribution in [0.15, 0.2) is 0 Å². The van der Waals surface area contributed by atoms with Crippen molar-refractivity contribution in [1.29, 1.82) is 0 Å². The Morgan fingerprint density at radius 1 is 1.64 bits per heavy atom. The molecular formula is C6H12N3OY-. The second-order valence-electron chi connectivity index (χ2n) is 2.77. The third kappa shape index (κ3) is 2.78. The van der Waals surface area contributed by atoms with Crippen molar-refractivity contribution in [1.82, 2.24) is 5.32 Å². The zero-order valence-corrected chi connectivity index (χ0v) is 9.23. The number of hydrogen-bond acceptors (Lipinski definition) is 3. The molecule has 0 aliphatic carbocycles. The Balaban J connectivity index is 0.000001000. The molecule has 0 aromatic heterocycles. The summed E-state index contributed by atoms with van der Waals surface area (Å²) in [5.74, 6) is -0.653. The Kier molecular flexibility index (Phi) is 4.70. The van der Waals surface area contributed by atoms with Gasteiger partial charge in [-0.2, -0.15) is 0 Å². The molecule has 1 atom stereocenters. The Morgan fingerprint density at radius 3 is 2.55 bits per heavy atom. The van der Waals surface area contributed by atoms with Gasteiger partial charge in [0.2, 0.25) is 0 Å². The van der Waals surface area contributed by atoms with Crippen molar-refractivity contribution in [3.05, 3.63) is 5.73 Å². The van der Waals surface area contributed by atoms with Crippen LogP contribution in [0.5, 0.6) is 0 Å². The molecule has 1 unspecified atom stereocenters. The molecule has 1 radical (unpaired) electrons. The molecule has 5 heteroatoms. The van der Waals surface area contributed by atoms with Gasteiger partial charge in [-0.3, -0.25) is 0 Å². The fourth-order valence-electron chi connectivity index (χ4n) is 1.12. The van der Waals surface area contributed by atoms with Gasteiger partial charge in [0.1, 0.15) is 0 Å². The standard InChI is InChI=1S/C6H13N3O.Y/c7-5(10)6(8)2-1-3-9-4-6;/h9H,1-4,8H2,(H2,7,10);/p-1. The number of hydrogen-bond donors (Lipinski definition) is 2. The fraction of sp³-hybridized carbons (Fsp3) is 0.833. The molecule has 0 saturated carbocycles. The quantitative estimate of drug-likeness (QED) is 0.647. The second kappa shape index (κ2) is 4.50. The summed E-state index contributed by atoms with van der Waals surface area (Å²) in [6, 6.07) is 0. The van der Waals surface area contributed by atoms with Crippen molar-refractivity contribution in [2.75, 3.05) is 13.1 Å². The number of rotatable bonds is 1. The zero-order valence-electron chi connectivity index (χ0n) is 6.39. The second-order valence-corrected chi connectivity index (χ2v) is 2.77. The van der Waals surface area contributed by atoms with Crippen molar-refractivity contribution >= 4 is 5.91 Å². The van der Waals surface area contributed by atoms with E-state index in [1.807, 2.05) is 0 Å². The topological polar surface area (TPSA) is 78.9 Å². The molecule has 1 rings (SSSR count). The van der Waals surface area contributed by atoms with Crippen LogP contribution in [0, 0.1) is 0 Å². The minimum atomic E-state index is -0.905. The van der Waals surface area contributed by atoms with Crippen LogP contribution in [-0.4, -0.2) is 24.5 Å². The fourth-order valence-corrected chi connectivity index (χ4v) is 1.12. The monoisotopic (exact) mass is 231 g/mol. The molecule has 61 valence electrons. The molecule has 1 aliphatic heterocycles. The normalized spacial score (nSPS) is 30.6. The predicted molar refractivity (Wildman–Crippen MR) is 38.4 cm³/mol. The molecule has 4 N–H and O–H groups in total. The van der Waals surface area contributed by atoms with Gasteiger partial charge in [0.05, 0.1) is 11.4 Å². The van der Waals surface area contributed by atoms with Crippen molar-refractivity contribution in [3.63, 3.8) is 0 Å². The first kappa shape index (κ1) is 11.5. The van der Waals surface area contributed by atoms with E-state index >= 15 is 0 Å². The van der Waals surface area contributed by atoms with E-state index in [4.69, 9.17) is 11.5 Å². The maximum Gasteiger partial charge on any atom is 0.0703 e. The first-order chi connectivity index (χ1) is 4.65. The average Bonchev–Trinajstić information content (AvgIpc) is 1.89. The van der Waals surface area contributed by atoms with Crippen molar-refractivity contribution in [2.24, 2.45) is 5.73 Å². The molecule has 1 aliphatic rings. The molecule has 1 amide bonds. The van der Waals surface area contributed by atoms with Crippen molar-refractivity contribution in [3.8, 4) is 0 Å². The number of nitrogens with one attached hydrogen (secondary N) is 2. The van der Waals surface area contributed by atoms with Gasteiger partial charge in [0, 0.05) is 39.3 Å². The molecule has 1 fully saturated rings. The minimum Gasteiger partial charge on any atom is -0.666 e. The van der Waals surface area contributed by atoms with Crippen LogP contribution in [0.25, 0.3) is 5.73 Å². The van der Waals surface area contributed by atoms with Gasteiger partial charge in [-0.1, -0.05) is 0 Å². The van der Waals surface area contributed by atoms with Crippen LogP contribution in [0.1, 0.15) is 12.8 Å². The van der Waals surface area contributed by atoms with Gasteiger partial charge >= 0.3 is 0 Å². The van der Waals surface area contributed by atoms with Gasteiger partial charge in [0.15, 0.2) is 0 Å². The molecule has 0 aromatic carbocycles. The van der Waals surface area contributed by atoms with Crippen LogP contribution >= 0.6 is 0 Å². The van der Waals surface area contributed by atoms with Crippen LogP contribution < -0.4 is 11.1 Å². The number of piperidine rings is 1. The SMILES string of the molecule is [NH-]C(=O)C1(N)CCCNC1.[Y]. The largest absolute Gasteiger partial charge is 0.666 e. The van der Waals surface area contributed by atoms with E-state index in [9.17, 15) is 4.79 Å². The van der Waals surface area contributed by atoms with Crippen LogP contribution in [0.2, 0.25) is 0 Å². The molecule has 0 aromatic rings. The summed E-state index contributed by atoms with van der Waals surface area (Å²) in [6.45, 7) is 1.36. The first-order valence-corrected chi connectivity index (χ1v) is 3.41. The van der Waals surface area contributed by atoms with Crippen molar-refractivity contribution in [2.45, 2.75) is 18.4 Å². The summed E-state index contributed by atoms with van der Waals surface area (Å²) in [4.78, 5) is 10.6. The third-order valence-corrected chi connectivity index (χ3v) is 1.87. The number of amides is 1. The first-order valence-electron chi connectivity index (χ1n) is 3.41. The summed E-state index contributed by atoms with van der Waals surface area (Å²) in [6.07, 6.45) is 1.53. The van der Waals surface area contributed by atoms with Gasteiger partial charge in [0.25, 0.3) is 0 Å². The maximum absolute atomic E-state index is 10.6. The number of nitrogens with two attached hydrogens (primary N) is 1. The Labute approximate surface area is 91.3 Å². The van der Waals surface area contributed by atoms with E-state index in [1.54, 1.807) is 0 Å². The summed E-state index contributed by atoms with van der Waals surface area (Å²) >= 11 is 0. The molecule has 11 heavy (non-hydrogen) atoms. The van der Waals surface area contributed by atoms with E-state index in [-0.39, 0.29) is 32.7 Å². The third-order valence-electron chi connectivity index (χ3n) is 1.87. The van der Waals surface area contributed by atoms with E-state index in [0.717, 1.165) is 13.0 Å². The number of carbonyl (C=O) groups excluding carboxylic acids is 1. The molecule has 0 bridgehead atoms. The van der Waals surface area contributed by atoms with Crippen LogP contribution in [-0.2, 0) is 37.5 Å². The molecular weight excluding hydrogens is 219 g/mol. The van der Waals surface area contributed by atoms with E-state index in [0.29, 0.717) is 13.0 Å². The Bertz CT molecular complexity index is 145. The smallest absolute Gasteiger partial charge is 0.0703 e. The van der Waals surface area contributed by atoms with E-state index < -0.39 is 11.4 Å². The molecule has 1 heterocycles. The summed E-state index contributed by atoms with van der Waals surface area (Å²) in [5.41, 5.74) is 11.6. The predicted octanol–water partition coefficient (Wildman–Crippen LogP) is -0.356. The van der Waals surface area contributed by atoms with Gasteiger partial charge < -0.3 is 21.6 Å². The summed E-state index contributed by atoms with van der Waals surface area (Å²) in [7, 11) is 0. The van der Waals surface area contributed by atoms with Crippen LogP contribution in [0.4, 0.5) is 0 Å². The Hall–Kier alpha value is 0.494. The Morgan fingerprint density at radius 2 is 2.27 bits per heavy atom. The van der Waals surface area contributed by atoms with Crippen molar-refractivity contribution < 1.29 is 37.5 Å². The van der Waals surface area contributed by atoms with Gasteiger partial charge in [-0.15, -0.1) is 0 Å². The van der Waals surface area contributed by atoms with Gasteiger partial charge in [-0.25, -0.2) is 0 Å². The van der Waals surface area contributed by atoms with E-state index in [2.05, 4.69) is 5.32 Å². The summed E-state index contributed by atoms with van der Waals surface area (Å²) in [5, 5.41) is 2.99. The van der Waals surface area contributed by atoms with Gasteiger partial charge in [-0.05, 0) is 19.4 Å². The minimum absolute atomic E-state index is 0. The van der Waals surface area contributed by atoms with E-state index in [1.165, 1.54) is 0 Å². The summed E-state index contributed by atoms with van der Waals surface area (Å²) < 4.78 is 0. The molecule has 0 spiro atoms. The zero-order chi connectivity index (χ0) is 7.61.